The zero-order valence-electron chi connectivity index (χ0n) is 7.44. The largest absolute Gasteiger partial charge is 0.506 e. The van der Waals surface area contributed by atoms with Crippen molar-refractivity contribution < 1.29 is 5.11 Å². The van der Waals surface area contributed by atoms with Crippen LogP contribution in [0.2, 0.25) is 0 Å². The molecule has 0 aliphatic heterocycles. The number of pyridine rings is 1. The fraction of sp³-hybridized carbons (Fsp3) is 0.0909. The van der Waals surface area contributed by atoms with Crippen molar-refractivity contribution in [2.75, 3.05) is 0 Å². The molecule has 0 saturated carbocycles. The summed E-state index contributed by atoms with van der Waals surface area (Å²) in [6.07, 6.45) is 1.96. The van der Waals surface area contributed by atoms with E-state index in [0.29, 0.717) is 11.9 Å². The molecule has 0 amide bonds. The first kappa shape index (κ1) is 8.52. The summed E-state index contributed by atoms with van der Waals surface area (Å²) in [4.78, 5) is 4.06. The molecule has 1 aromatic heterocycles. The van der Waals surface area contributed by atoms with Crippen LogP contribution in [0.5, 0.6) is 5.75 Å². The highest BCUT2D eigenvalue weighted by Gasteiger charge is 2.04. The molecule has 2 aromatic rings. The van der Waals surface area contributed by atoms with Gasteiger partial charge in [0.05, 0.1) is 12.5 Å². The molecule has 0 aliphatic rings. The topological polar surface area (TPSA) is 56.9 Å². The van der Waals surface area contributed by atoms with Crippen LogP contribution in [-0.4, -0.2) is 10.1 Å². The van der Waals surface area contributed by atoms with Crippen molar-refractivity contribution in [3.05, 3.63) is 36.0 Å². The number of aromatic nitrogens is 1. The first-order valence-electron chi connectivity index (χ1n) is 4.25. The highest BCUT2D eigenvalue weighted by Crippen LogP contribution is 2.25. The third-order valence-corrected chi connectivity index (χ3v) is 2.11. The Labute approximate surface area is 81.2 Å². The number of nitrogens with zero attached hydrogens (tertiary/aromatic N) is 2. The smallest absolute Gasteiger partial charge is 0.141 e. The summed E-state index contributed by atoms with van der Waals surface area (Å²) in [5.41, 5.74) is 1.45. The van der Waals surface area contributed by atoms with Crippen molar-refractivity contribution >= 4 is 10.9 Å². The van der Waals surface area contributed by atoms with Gasteiger partial charge in [0.15, 0.2) is 0 Å². The van der Waals surface area contributed by atoms with E-state index in [-0.39, 0.29) is 5.75 Å². The van der Waals surface area contributed by atoms with Gasteiger partial charge in [-0.2, -0.15) is 5.26 Å². The minimum atomic E-state index is 0.155. The predicted octanol–water partition coefficient (Wildman–Crippen LogP) is 2.01. The van der Waals surface area contributed by atoms with Gasteiger partial charge >= 0.3 is 0 Å². The van der Waals surface area contributed by atoms with Crippen LogP contribution in [0.15, 0.2) is 30.5 Å². The Morgan fingerprint density at radius 2 is 2.21 bits per heavy atom. The van der Waals surface area contributed by atoms with Crippen molar-refractivity contribution in [1.82, 2.24) is 4.98 Å². The average molecular weight is 184 g/mol. The van der Waals surface area contributed by atoms with Crippen LogP contribution in [0.25, 0.3) is 10.9 Å². The third-order valence-electron chi connectivity index (χ3n) is 2.11. The van der Waals surface area contributed by atoms with Crippen molar-refractivity contribution in [2.45, 2.75) is 6.42 Å². The molecule has 14 heavy (non-hydrogen) atoms. The molecule has 0 fully saturated rings. The minimum absolute atomic E-state index is 0.155. The van der Waals surface area contributed by atoms with Gasteiger partial charge in [0.1, 0.15) is 11.3 Å². The molecule has 0 bridgehead atoms. The summed E-state index contributed by atoms with van der Waals surface area (Å²) in [6, 6.07) is 9.06. The number of fused-ring (bicyclic) bond motifs is 1. The predicted molar refractivity (Wildman–Crippen MR) is 52.7 cm³/mol. The molecule has 0 unspecified atom stereocenters. The molecular weight excluding hydrogens is 176 g/mol. The lowest BCUT2D eigenvalue weighted by Crippen LogP contribution is -1.86. The number of aromatic hydroxyl groups is 1. The monoisotopic (exact) mass is 184 g/mol. The van der Waals surface area contributed by atoms with Gasteiger partial charge in [-0.05, 0) is 17.7 Å². The quantitative estimate of drug-likeness (QED) is 0.737. The van der Waals surface area contributed by atoms with Gasteiger partial charge in [-0.25, -0.2) is 0 Å². The van der Waals surface area contributed by atoms with Gasteiger partial charge in [0.2, 0.25) is 0 Å². The second-order valence-corrected chi connectivity index (χ2v) is 2.98. The maximum atomic E-state index is 9.52. The molecular formula is C11H8N2O. The van der Waals surface area contributed by atoms with E-state index in [1.54, 1.807) is 24.4 Å². The number of rotatable bonds is 1. The lowest BCUT2D eigenvalue weighted by molar-refractivity contribution is 0.480. The van der Waals surface area contributed by atoms with E-state index in [1.165, 1.54) is 0 Å². The zero-order valence-corrected chi connectivity index (χ0v) is 7.44. The van der Waals surface area contributed by atoms with Gasteiger partial charge < -0.3 is 5.11 Å². The summed E-state index contributed by atoms with van der Waals surface area (Å²) in [6.45, 7) is 0. The van der Waals surface area contributed by atoms with Gasteiger partial charge in [-0.1, -0.05) is 12.1 Å². The van der Waals surface area contributed by atoms with Crippen molar-refractivity contribution in [2.24, 2.45) is 0 Å². The number of benzene rings is 1. The molecule has 0 radical (unpaired) electrons. The number of phenols is 1. The number of phenolic OH excluding ortho intramolecular Hbond substituents is 1. The molecule has 0 aliphatic carbocycles. The van der Waals surface area contributed by atoms with Crippen LogP contribution in [-0.2, 0) is 6.42 Å². The van der Waals surface area contributed by atoms with Crippen molar-refractivity contribution in [1.29, 1.82) is 5.26 Å². The number of hydrogen-bond acceptors (Lipinski definition) is 3. The van der Waals surface area contributed by atoms with E-state index < -0.39 is 0 Å². The molecule has 0 saturated heterocycles. The van der Waals surface area contributed by atoms with Crippen molar-refractivity contribution in [3.63, 3.8) is 0 Å². The first-order chi connectivity index (χ1) is 6.83. The average Bonchev–Trinajstić information content (AvgIpc) is 2.23. The zero-order chi connectivity index (χ0) is 9.97. The maximum absolute atomic E-state index is 9.52. The molecule has 0 spiro atoms. The summed E-state index contributed by atoms with van der Waals surface area (Å²) >= 11 is 0. The molecule has 1 N–H and O–H groups in total. The fourth-order valence-electron chi connectivity index (χ4n) is 1.46. The minimum Gasteiger partial charge on any atom is -0.506 e. The molecule has 2 rings (SSSR count). The van der Waals surface area contributed by atoms with E-state index >= 15 is 0 Å². The van der Waals surface area contributed by atoms with Crippen LogP contribution in [0.4, 0.5) is 0 Å². The lowest BCUT2D eigenvalue weighted by atomic mass is 10.1. The second kappa shape index (κ2) is 3.35. The van der Waals surface area contributed by atoms with Crippen LogP contribution < -0.4 is 0 Å². The van der Waals surface area contributed by atoms with E-state index in [0.717, 1.165) is 10.9 Å². The van der Waals surface area contributed by atoms with E-state index in [1.807, 2.05) is 6.07 Å². The Kier molecular flexibility index (Phi) is 2.04. The van der Waals surface area contributed by atoms with Crippen LogP contribution in [0.3, 0.4) is 0 Å². The Balaban J connectivity index is 2.76. The van der Waals surface area contributed by atoms with Crippen molar-refractivity contribution in [3.8, 4) is 11.8 Å². The highest BCUT2D eigenvalue weighted by atomic mass is 16.3. The van der Waals surface area contributed by atoms with E-state index in [2.05, 4.69) is 11.1 Å². The Bertz CT molecular complexity index is 514. The fourth-order valence-corrected chi connectivity index (χ4v) is 1.46. The maximum Gasteiger partial charge on any atom is 0.141 e. The number of nitriles is 1. The normalized spacial score (nSPS) is 9.93. The molecule has 3 nitrogen and oxygen atoms in total. The Hall–Kier alpha value is -2.08. The van der Waals surface area contributed by atoms with Gasteiger partial charge in [0.25, 0.3) is 0 Å². The van der Waals surface area contributed by atoms with Crippen LogP contribution in [0.1, 0.15) is 5.56 Å². The molecule has 3 heteroatoms. The van der Waals surface area contributed by atoms with Crippen LogP contribution >= 0.6 is 0 Å². The summed E-state index contributed by atoms with van der Waals surface area (Å²) in [7, 11) is 0. The van der Waals surface area contributed by atoms with Crippen LogP contribution in [0, 0.1) is 11.3 Å². The third kappa shape index (κ3) is 1.27. The first-order valence-corrected chi connectivity index (χ1v) is 4.25. The standard InChI is InChI=1S/C11H8N2O/c12-6-5-8-3-4-10(14)11-9(8)2-1-7-13-11/h1-4,7,14H,5H2. The summed E-state index contributed by atoms with van der Waals surface area (Å²) in [5, 5.41) is 19.0. The molecule has 1 heterocycles. The molecule has 1 aromatic carbocycles. The van der Waals surface area contributed by atoms with E-state index in [9.17, 15) is 5.11 Å². The Morgan fingerprint density at radius 3 is 3.00 bits per heavy atom. The van der Waals surface area contributed by atoms with E-state index in [4.69, 9.17) is 5.26 Å². The SMILES string of the molecule is N#CCc1ccc(O)c2ncccc12. The van der Waals surface area contributed by atoms with Gasteiger partial charge in [-0.15, -0.1) is 0 Å². The summed E-state index contributed by atoms with van der Waals surface area (Å²) in [5.74, 6) is 0.155. The molecule has 68 valence electrons. The van der Waals surface area contributed by atoms with Gasteiger partial charge in [0, 0.05) is 11.6 Å². The number of hydrogen-bond donors (Lipinski definition) is 1. The second-order valence-electron chi connectivity index (χ2n) is 2.98. The van der Waals surface area contributed by atoms with Gasteiger partial charge in [-0.3, -0.25) is 4.98 Å². The Morgan fingerprint density at radius 1 is 1.36 bits per heavy atom. The highest BCUT2D eigenvalue weighted by molar-refractivity contribution is 5.87. The molecule has 0 atom stereocenters. The lowest BCUT2D eigenvalue weighted by Gasteiger charge is -2.03. The summed E-state index contributed by atoms with van der Waals surface area (Å²) < 4.78 is 0.